The van der Waals surface area contributed by atoms with Crippen molar-refractivity contribution in [3.05, 3.63) is 0 Å². The molecule has 5 nitrogen and oxygen atoms in total. The molecule has 108 valence electrons. The van der Waals surface area contributed by atoms with Gasteiger partial charge in [-0.15, -0.1) is 0 Å². The lowest BCUT2D eigenvalue weighted by Crippen LogP contribution is -2.51. The molecule has 5 heteroatoms. The molecule has 1 amide bonds. The minimum Gasteiger partial charge on any atom is -0.395 e. The van der Waals surface area contributed by atoms with Crippen molar-refractivity contribution in [1.82, 2.24) is 9.80 Å². The monoisotopic (exact) mass is 267 g/mol. The van der Waals surface area contributed by atoms with Crippen molar-refractivity contribution in [2.45, 2.75) is 39.2 Å². The molecule has 1 rings (SSSR count). The van der Waals surface area contributed by atoms with Crippen LogP contribution in [0.2, 0.25) is 0 Å². The number of aliphatic hydroxyl groups is 1. The summed E-state index contributed by atoms with van der Waals surface area (Å²) in [6.07, 6.45) is 2.57. The van der Waals surface area contributed by atoms with Crippen LogP contribution in [-0.4, -0.2) is 59.6 Å². The van der Waals surface area contributed by atoms with Crippen molar-refractivity contribution < 1.29 is 9.90 Å². The maximum Gasteiger partial charge on any atom is 0.236 e. The highest BCUT2D eigenvalue weighted by molar-refractivity contribution is 5.78. The third-order valence-corrected chi connectivity index (χ3v) is 3.98. The Balaban J connectivity index is 2.56. The molecule has 0 aromatic carbocycles. The second-order valence-corrected chi connectivity index (χ2v) is 5.22. The summed E-state index contributed by atoms with van der Waals surface area (Å²) in [5.74, 6) is 0.492. The maximum atomic E-state index is 12.2. The SMILES string of the molecule is CCN(CCC#N)C(=O)CN1CCCC(C)C1CO. The van der Waals surface area contributed by atoms with Crippen LogP contribution < -0.4 is 0 Å². The quantitative estimate of drug-likeness (QED) is 0.774. The summed E-state index contributed by atoms with van der Waals surface area (Å²) in [6.45, 7) is 6.53. The predicted molar refractivity (Wildman–Crippen MR) is 73.3 cm³/mol. The predicted octanol–water partition coefficient (Wildman–Crippen LogP) is 0.841. The van der Waals surface area contributed by atoms with Crippen LogP contribution in [0.4, 0.5) is 0 Å². The Labute approximate surface area is 115 Å². The van der Waals surface area contributed by atoms with Gasteiger partial charge in [0.15, 0.2) is 0 Å². The van der Waals surface area contributed by atoms with E-state index in [9.17, 15) is 9.90 Å². The highest BCUT2D eigenvalue weighted by Crippen LogP contribution is 2.22. The molecule has 0 saturated carbocycles. The van der Waals surface area contributed by atoms with E-state index in [-0.39, 0.29) is 18.6 Å². The van der Waals surface area contributed by atoms with Crippen LogP contribution in [0.15, 0.2) is 0 Å². The molecule has 0 spiro atoms. The fraction of sp³-hybridized carbons (Fsp3) is 0.857. The van der Waals surface area contributed by atoms with Gasteiger partial charge in [-0.2, -0.15) is 5.26 Å². The summed E-state index contributed by atoms with van der Waals surface area (Å²) in [7, 11) is 0. The zero-order valence-corrected chi connectivity index (χ0v) is 12.0. The van der Waals surface area contributed by atoms with Crippen LogP contribution in [-0.2, 0) is 4.79 Å². The Kier molecular flexibility index (Phi) is 6.82. The molecule has 0 aliphatic carbocycles. The van der Waals surface area contributed by atoms with Crippen LogP contribution in [0.3, 0.4) is 0 Å². The third-order valence-electron chi connectivity index (χ3n) is 3.98. The third kappa shape index (κ3) is 4.48. The number of nitrogens with zero attached hydrogens (tertiary/aromatic N) is 3. The normalized spacial score (nSPS) is 23.9. The number of hydrogen-bond donors (Lipinski definition) is 1. The molecule has 0 bridgehead atoms. The number of hydrogen-bond acceptors (Lipinski definition) is 4. The molecule has 1 heterocycles. The Bertz CT molecular complexity index is 327. The van der Waals surface area contributed by atoms with Crippen LogP contribution in [0, 0.1) is 17.2 Å². The van der Waals surface area contributed by atoms with Crippen LogP contribution in [0.5, 0.6) is 0 Å². The largest absolute Gasteiger partial charge is 0.395 e. The second-order valence-electron chi connectivity index (χ2n) is 5.22. The standard InChI is InChI=1S/C14H25N3O2/c1-3-16(9-5-7-15)14(19)10-17-8-4-6-12(2)13(17)11-18/h12-13,18H,3-6,8-11H2,1-2H3. The fourth-order valence-electron chi connectivity index (χ4n) is 2.74. The lowest BCUT2D eigenvalue weighted by Gasteiger charge is -2.39. The maximum absolute atomic E-state index is 12.2. The van der Waals surface area contributed by atoms with Gasteiger partial charge in [0.2, 0.25) is 5.91 Å². The van der Waals surface area contributed by atoms with Gasteiger partial charge in [-0.25, -0.2) is 0 Å². The molecule has 1 aliphatic heterocycles. The van der Waals surface area contributed by atoms with Crippen molar-refractivity contribution in [2.24, 2.45) is 5.92 Å². The zero-order chi connectivity index (χ0) is 14.3. The first-order chi connectivity index (χ1) is 9.13. The molecule has 0 radical (unpaired) electrons. The van der Waals surface area contributed by atoms with Gasteiger partial charge < -0.3 is 10.0 Å². The lowest BCUT2D eigenvalue weighted by atomic mass is 9.91. The molecule has 2 atom stereocenters. The summed E-state index contributed by atoms with van der Waals surface area (Å²) in [5.41, 5.74) is 0. The number of piperidine rings is 1. The number of nitriles is 1. The van der Waals surface area contributed by atoms with E-state index in [4.69, 9.17) is 5.26 Å². The minimum atomic E-state index is 0.0605. The van der Waals surface area contributed by atoms with Gasteiger partial charge >= 0.3 is 0 Å². The van der Waals surface area contributed by atoms with Crippen LogP contribution in [0.1, 0.15) is 33.1 Å². The smallest absolute Gasteiger partial charge is 0.236 e. The topological polar surface area (TPSA) is 67.6 Å². The van der Waals surface area contributed by atoms with E-state index in [1.807, 2.05) is 6.92 Å². The number of rotatable bonds is 6. The first kappa shape index (κ1) is 15.9. The number of likely N-dealkylation sites (tertiary alicyclic amines) is 1. The van der Waals surface area contributed by atoms with Crippen molar-refractivity contribution in [3.63, 3.8) is 0 Å². The number of carbonyl (C=O) groups excluding carboxylic acids is 1. The Morgan fingerprint density at radius 1 is 1.58 bits per heavy atom. The van der Waals surface area contributed by atoms with Crippen molar-refractivity contribution in [2.75, 3.05) is 32.8 Å². The van der Waals surface area contributed by atoms with E-state index in [0.717, 1.165) is 19.4 Å². The van der Waals surface area contributed by atoms with Gasteiger partial charge in [-0.1, -0.05) is 6.92 Å². The van der Waals surface area contributed by atoms with E-state index in [1.54, 1.807) is 4.90 Å². The van der Waals surface area contributed by atoms with Gasteiger partial charge in [0.25, 0.3) is 0 Å². The molecular formula is C14H25N3O2. The van der Waals surface area contributed by atoms with E-state index in [0.29, 0.717) is 32.0 Å². The zero-order valence-electron chi connectivity index (χ0n) is 12.0. The summed E-state index contributed by atoms with van der Waals surface area (Å²) in [4.78, 5) is 16.0. The minimum absolute atomic E-state index is 0.0605. The van der Waals surface area contributed by atoms with Gasteiger partial charge in [0, 0.05) is 19.1 Å². The molecule has 1 N–H and O–H groups in total. The van der Waals surface area contributed by atoms with E-state index in [2.05, 4.69) is 17.9 Å². The Morgan fingerprint density at radius 2 is 2.32 bits per heavy atom. The van der Waals surface area contributed by atoms with Crippen LogP contribution >= 0.6 is 0 Å². The van der Waals surface area contributed by atoms with Crippen molar-refractivity contribution >= 4 is 5.91 Å². The molecule has 19 heavy (non-hydrogen) atoms. The first-order valence-corrected chi connectivity index (χ1v) is 7.13. The van der Waals surface area contributed by atoms with Gasteiger partial charge in [0.1, 0.15) is 0 Å². The van der Waals surface area contributed by atoms with Crippen molar-refractivity contribution in [1.29, 1.82) is 5.26 Å². The second kappa shape index (κ2) is 8.13. The molecular weight excluding hydrogens is 242 g/mol. The fourth-order valence-corrected chi connectivity index (χ4v) is 2.74. The summed E-state index contributed by atoms with van der Waals surface area (Å²) in [6, 6.07) is 2.16. The Morgan fingerprint density at radius 3 is 2.89 bits per heavy atom. The molecule has 0 aromatic rings. The molecule has 1 aliphatic rings. The van der Waals surface area contributed by atoms with Gasteiger partial charge in [0.05, 0.1) is 25.6 Å². The molecule has 1 fully saturated rings. The summed E-state index contributed by atoms with van der Waals surface area (Å²) >= 11 is 0. The van der Waals surface area contributed by atoms with Gasteiger partial charge in [-0.05, 0) is 32.2 Å². The number of likely N-dealkylation sites (N-methyl/N-ethyl adjacent to an activating group) is 1. The average molecular weight is 267 g/mol. The van der Waals surface area contributed by atoms with Gasteiger partial charge in [-0.3, -0.25) is 9.69 Å². The molecule has 0 aromatic heterocycles. The van der Waals surface area contributed by atoms with Crippen LogP contribution in [0.25, 0.3) is 0 Å². The van der Waals surface area contributed by atoms with Crippen molar-refractivity contribution in [3.8, 4) is 6.07 Å². The Hall–Kier alpha value is -1.12. The summed E-state index contributed by atoms with van der Waals surface area (Å²) in [5, 5.41) is 18.1. The highest BCUT2D eigenvalue weighted by Gasteiger charge is 2.29. The number of amides is 1. The first-order valence-electron chi connectivity index (χ1n) is 7.13. The lowest BCUT2D eigenvalue weighted by molar-refractivity contribution is -0.133. The highest BCUT2D eigenvalue weighted by atomic mass is 16.3. The van der Waals surface area contributed by atoms with E-state index in [1.165, 1.54) is 0 Å². The molecule has 2 unspecified atom stereocenters. The van der Waals surface area contributed by atoms with E-state index >= 15 is 0 Å². The number of aliphatic hydroxyl groups excluding tert-OH is 1. The number of carbonyl (C=O) groups is 1. The van der Waals surface area contributed by atoms with E-state index < -0.39 is 0 Å². The average Bonchev–Trinajstić information content (AvgIpc) is 2.40. The summed E-state index contributed by atoms with van der Waals surface area (Å²) < 4.78 is 0. The molecule has 1 saturated heterocycles.